The van der Waals surface area contributed by atoms with Gasteiger partial charge in [-0.25, -0.2) is 4.98 Å². The first-order chi connectivity index (χ1) is 13.7. The van der Waals surface area contributed by atoms with Crippen LogP contribution in [0.5, 0.6) is 5.75 Å². The van der Waals surface area contributed by atoms with Crippen LogP contribution in [0.1, 0.15) is 5.76 Å². The first-order valence-electron chi connectivity index (χ1n) is 8.75. The highest BCUT2D eigenvalue weighted by Gasteiger charge is 2.09. The second-order valence-electron chi connectivity index (χ2n) is 6.13. The molecule has 0 spiro atoms. The van der Waals surface area contributed by atoms with Crippen molar-refractivity contribution in [2.45, 2.75) is 6.92 Å². The normalized spacial score (nSPS) is 10.5. The molecule has 4 aromatic rings. The lowest BCUT2D eigenvalue weighted by Crippen LogP contribution is -2.02. The largest absolute Gasteiger partial charge is 0.497 e. The lowest BCUT2D eigenvalue weighted by Gasteiger charge is -2.11. The molecule has 28 heavy (non-hydrogen) atoms. The van der Waals surface area contributed by atoms with Crippen molar-refractivity contribution < 1.29 is 9.26 Å². The highest BCUT2D eigenvalue weighted by atomic mass is 16.5. The smallest absolute Gasteiger partial charge is 0.229 e. The molecule has 0 unspecified atom stereocenters. The summed E-state index contributed by atoms with van der Waals surface area (Å²) in [5.74, 6) is 3.11. The molecular weight excluding hydrogens is 354 g/mol. The molecule has 0 bridgehead atoms. The van der Waals surface area contributed by atoms with Crippen LogP contribution in [0.2, 0.25) is 0 Å². The molecule has 2 N–H and O–H groups in total. The van der Waals surface area contributed by atoms with Gasteiger partial charge >= 0.3 is 0 Å². The van der Waals surface area contributed by atoms with Crippen LogP contribution in [-0.4, -0.2) is 22.2 Å². The van der Waals surface area contributed by atoms with E-state index in [1.54, 1.807) is 13.2 Å². The number of hydrogen-bond acceptors (Lipinski definition) is 7. The Kier molecular flexibility index (Phi) is 4.88. The maximum Gasteiger partial charge on any atom is 0.229 e. The van der Waals surface area contributed by atoms with E-state index in [2.05, 4.69) is 25.8 Å². The molecule has 2 heterocycles. The van der Waals surface area contributed by atoms with Crippen LogP contribution in [0.25, 0.3) is 11.3 Å². The summed E-state index contributed by atoms with van der Waals surface area (Å²) in [6.45, 7) is 1.84. The summed E-state index contributed by atoms with van der Waals surface area (Å²) in [6, 6.07) is 21.2. The van der Waals surface area contributed by atoms with Crippen molar-refractivity contribution in [1.82, 2.24) is 15.1 Å². The molecular formula is C21H19N5O2. The lowest BCUT2D eigenvalue weighted by atomic mass is 10.1. The molecule has 7 nitrogen and oxygen atoms in total. The van der Waals surface area contributed by atoms with Crippen LogP contribution in [0.3, 0.4) is 0 Å². The minimum Gasteiger partial charge on any atom is -0.497 e. The molecule has 0 amide bonds. The second kappa shape index (κ2) is 7.79. The molecule has 2 aromatic carbocycles. The molecule has 0 fully saturated rings. The SMILES string of the molecule is COc1cccc(Nc2nc(Nc3cc(C)on3)cc(-c3ccccc3)n2)c1. The third-order valence-corrected chi connectivity index (χ3v) is 4.01. The van der Waals surface area contributed by atoms with Crippen molar-refractivity contribution in [3.8, 4) is 17.0 Å². The van der Waals surface area contributed by atoms with Gasteiger partial charge in [0.05, 0.1) is 12.8 Å². The molecule has 0 aliphatic carbocycles. The molecule has 0 radical (unpaired) electrons. The van der Waals surface area contributed by atoms with Crippen molar-refractivity contribution in [2.75, 3.05) is 17.7 Å². The first-order valence-corrected chi connectivity index (χ1v) is 8.75. The summed E-state index contributed by atoms with van der Waals surface area (Å²) in [5.41, 5.74) is 2.59. The van der Waals surface area contributed by atoms with Crippen molar-refractivity contribution >= 4 is 23.3 Å². The average Bonchev–Trinajstić information content (AvgIpc) is 3.13. The Hall–Kier alpha value is -3.87. The quantitative estimate of drug-likeness (QED) is 0.495. The van der Waals surface area contributed by atoms with Crippen LogP contribution in [0.4, 0.5) is 23.3 Å². The van der Waals surface area contributed by atoms with Crippen molar-refractivity contribution in [2.24, 2.45) is 0 Å². The number of methoxy groups -OCH3 is 1. The summed E-state index contributed by atoms with van der Waals surface area (Å²) in [7, 11) is 1.63. The van der Waals surface area contributed by atoms with Gasteiger partial charge in [0.1, 0.15) is 17.3 Å². The van der Waals surface area contributed by atoms with E-state index in [4.69, 9.17) is 9.26 Å². The first kappa shape index (κ1) is 17.5. The highest BCUT2D eigenvalue weighted by Crippen LogP contribution is 2.26. The summed E-state index contributed by atoms with van der Waals surface area (Å²) < 4.78 is 10.4. The van der Waals surface area contributed by atoms with E-state index in [9.17, 15) is 0 Å². The van der Waals surface area contributed by atoms with E-state index in [0.717, 1.165) is 28.5 Å². The fraction of sp³-hybridized carbons (Fsp3) is 0.0952. The van der Waals surface area contributed by atoms with E-state index in [1.807, 2.05) is 67.6 Å². The maximum absolute atomic E-state index is 5.28. The van der Waals surface area contributed by atoms with Gasteiger partial charge in [0.25, 0.3) is 0 Å². The van der Waals surface area contributed by atoms with Crippen LogP contribution >= 0.6 is 0 Å². The Bertz CT molecular complexity index is 1080. The molecule has 0 atom stereocenters. The number of aromatic nitrogens is 3. The van der Waals surface area contributed by atoms with Gasteiger partial charge in [-0.15, -0.1) is 0 Å². The van der Waals surface area contributed by atoms with Crippen molar-refractivity contribution in [3.05, 3.63) is 72.5 Å². The summed E-state index contributed by atoms with van der Waals surface area (Å²) in [6.07, 6.45) is 0. The standard InChI is InChI=1S/C21H19N5O2/c1-14-11-20(26-28-14)24-19-13-18(15-7-4-3-5-8-15)23-21(25-19)22-16-9-6-10-17(12-16)27-2/h3-13H,1-2H3,(H2,22,23,24,25,26). The number of anilines is 4. The summed E-state index contributed by atoms with van der Waals surface area (Å²) >= 11 is 0. The van der Waals surface area contributed by atoms with Gasteiger partial charge in [-0.2, -0.15) is 4.98 Å². The molecule has 140 valence electrons. The van der Waals surface area contributed by atoms with Crippen molar-refractivity contribution in [3.63, 3.8) is 0 Å². The fourth-order valence-corrected chi connectivity index (χ4v) is 2.71. The number of nitrogens with one attached hydrogen (secondary N) is 2. The van der Waals surface area contributed by atoms with Gasteiger partial charge in [-0.05, 0) is 19.1 Å². The summed E-state index contributed by atoms with van der Waals surface area (Å²) in [5, 5.41) is 10.4. The molecule has 0 saturated carbocycles. The Morgan fingerprint density at radius 3 is 2.46 bits per heavy atom. The van der Waals surface area contributed by atoms with E-state index in [0.29, 0.717) is 17.6 Å². The predicted octanol–water partition coefficient (Wildman–Crippen LogP) is 4.94. The van der Waals surface area contributed by atoms with Gasteiger partial charge in [0, 0.05) is 29.4 Å². The van der Waals surface area contributed by atoms with Gasteiger partial charge in [0.15, 0.2) is 5.82 Å². The monoisotopic (exact) mass is 373 g/mol. The van der Waals surface area contributed by atoms with E-state index < -0.39 is 0 Å². The minimum atomic E-state index is 0.456. The average molecular weight is 373 g/mol. The van der Waals surface area contributed by atoms with Gasteiger partial charge in [-0.1, -0.05) is 41.6 Å². The Morgan fingerprint density at radius 1 is 0.857 bits per heavy atom. The molecule has 0 saturated heterocycles. The summed E-state index contributed by atoms with van der Waals surface area (Å²) in [4.78, 5) is 9.21. The minimum absolute atomic E-state index is 0.456. The molecule has 0 aliphatic rings. The van der Waals surface area contributed by atoms with Gasteiger partial charge in [-0.3, -0.25) is 0 Å². The van der Waals surface area contributed by atoms with E-state index >= 15 is 0 Å². The van der Waals surface area contributed by atoms with Crippen LogP contribution in [-0.2, 0) is 0 Å². The van der Waals surface area contributed by atoms with Crippen LogP contribution in [0, 0.1) is 6.92 Å². The lowest BCUT2D eigenvalue weighted by molar-refractivity contribution is 0.400. The van der Waals surface area contributed by atoms with Gasteiger partial charge in [0.2, 0.25) is 5.95 Å². The zero-order chi connectivity index (χ0) is 19.3. The number of ether oxygens (including phenoxy) is 1. The number of benzene rings is 2. The number of aryl methyl sites for hydroxylation is 1. The van der Waals surface area contributed by atoms with E-state index in [-0.39, 0.29) is 0 Å². The highest BCUT2D eigenvalue weighted by molar-refractivity contribution is 5.68. The van der Waals surface area contributed by atoms with E-state index in [1.165, 1.54) is 0 Å². The zero-order valence-electron chi connectivity index (χ0n) is 15.5. The third kappa shape index (κ3) is 4.09. The predicted molar refractivity (Wildman–Crippen MR) is 108 cm³/mol. The van der Waals surface area contributed by atoms with Gasteiger partial charge < -0.3 is 19.9 Å². The number of nitrogens with zero attached hydrogens (tertiary/aromatic N) is 3. The molecule has 4 rings (SSSR count). The Balaban J connectivity index is 1.70. The van der Waals surface area contributed by atoms with Crippen molar-refractivity contribution in [1.29, 1.82) is 0 Å². The molecule has 2 aromatic heterocycles. The topological polar surface area (TPSA) is 85.1 Å². The second-order valence-corrected chi connectivity index (χ2v) is 6.13. The molecule has 0 aliphatic heterocycles. The zero-order valence-corrected chi connectivity index (χ0v) is 15.5. The third-order valence-electron chi connectivity index (χ3n) is 4.01. The number of hydrogen-bond donors (Lipinski definition) is 2. The van der Waals surface area contributed by atoms with Crippen LogP contribution < -0.4 is 15.4 Å². The Labute approximate surface area is 162 Å². The maximum atomic E-state index is 5.28. The number of rotatable bonds is 6. The fourth-order valence-electron chi connectivity index (χ4n) is 2.71. The Morgan fingerprint density at radius 2 is 1.71 bits per heavy atom. The molecule has 7 heteroatoms. The van der Waals surface area contributed by atoms with Crippen LogP contribution in [0.15, 0.2) is 71.3 Å².